The molecule has 0 unspecified atom stereocenters. The van der Waals surface area contributed by atoms with Gasteiger partial charge >= 0.3 is 0 Å². The molecule has 0 fully saturated rings. The van der Waals surface area contributed by atoms with Crippen molar-refractivity contribution in [1.29, 1.82) is 0 Å². The molecule has 0 saturated heterocycles. The summed E-state index contributed by atoms with van der Waals surface area (Å²) in [4.78, 5) is 4.02. The summed E-state index contributed by atoms with van der Waals surface area (Å²) >= 11 is 0. The summed E-state index contributed by atoms with van der Waals surface area (Å²) in [6.07, 6.45) is 8.58. The quantitative estimate of drug-likeness (QED) is 0.630. The van der Waals surface area contributed by atoms with Crippen LogP contribution < -0.4 is 0 Å². The zero-order valence-electron chi connectivity index (χ0n) is 8.80. The molecule has 1 rings (SSSR count). The van der Waals surface area contributed by atoms with Gasteiger partial charge in [-0.05, 0) is 25.0 Å². The van der Waals surface area contributed by atoms with E-state index in [1.807, 2.05) is 0 Å². The first-order valence-corrected chi connectivity index (χ1v) is 5.43. The van der Waals surface area contributed by atoms with E-state index in [9.17, 15) is 4.39 Å². The number of aryl methyl sites for hydroxylation is 1. The van der Waals surface area contributed by atoms with Crippen molar-refractivity contribution in [1.82, 2.24) is 4.98 Å². The van der Waals surface area contributed by atoms with Crippen LogP contribution in [0.25, 0.3) is 0 Å². The number of aromatic nitrogens is 1. The molecule has 0 aliphatic rings. The van der Waals surface area contributed by atoms with E-state index in [0.29, 0.717) is 0 Å². The second kappa shape index (κ2) is 6.52. The van der Waals surface area contributed by atoms with E-state index in [0.717, 1.165) is 12.1 Å². The topological polar surface area (TPSA) is 12.9 Å². The van der Waals surface area contributed by atoms with Crippen molar-refractivity contribution in [2.24, 2.45) is 0 Å². The van der Waals surface area contributed by atoms with Gasteiger partial charge in [-0.25, -0.2) is 4.39 Å². The van der Waals surface area contributed by atoms with Crippen molar-refractivity contribution in [2.75, 3.05) is 0 Å². The lowest BCUT2D eigenvalue weighted by atomic mass is 10.1. The fourth-order valence-corrected chi connectivity index (χ4v) is 1.46. The molecule has 0 N–H and O–H groups in total. The second-order valence-corrected chi connectivity index (χ2v) is 3.63. The third-order valence-electron chi connectivity index (χ3n) is 2.33. The predicted molar refractivity (Wildman–Crippen MR) is 56.7 cm³/mol. The molecule has 0 atom stereocenters. The van der Waals surface area contributed by atoms with Crippen LogP contribution >= 0.6 is 0 Å². The van der Waals surface area contributed by atoms with E-state index in [2.05, 4.69) is 11.9 Å². The van der Waals surface area contributed by atoms with Crippen LogP contribution in [0.5, 0.6) is 0 Å². The molecule has 14 heavy (non-hydrogen) atoms. The van der Waals surface area contributed by atoms with Crippen molar-refractivity contribution in [3.05, 3.63) is 29.8 Å². The second-order valence-electron chi connectivity index (χ2n) is 3.63. The average molecular weight is 195 g/mol. The van der Waals surface area contributed by atoms with Crippen molar-refractivity contribution in [2.45, 2.75) is 45.4 Å². The molecule has 78 valence electrons. The highest BCUT2D eigenvalue weighted by Gasteiger charge is 1.95. The Morgan fingerprint density at radius 3 is 2.57 bits per heavy atom. The van der Waals surface area contributed by atoms with Crippen LogP contribution in [0, 0.1) is 5.82 Å². The summed E-state index contributed by atoms with van der Waals surface area (Å²) in [6.45, 7) is 2.21. The van der Waals surface area contributed by atoms with Crippen molar-refractivity contribution in [3.8, 4) is 0 Å². The van der Waals surface area contributed by atoms with Crippen LogP contribution in [0.2, 0.25) is 0 Å². The molecular formula is C12H18FN. The number of nitrogens with zero attached hydrogens (tertiary/aromatic N) is 1. The predicted octanol–water partition coefficient (Wildman–Crippen LogP) is 3.73. The van der Waals surface area contributed by atoms with E-state index in [-0.39, 0.29) is 5.82 Å². The Hall–Kier alpha value is -0.920. The van der Waals surface area contributed by atoms with Crippen LogP contribution in [0.4, 0.5) is 4.39 Å². The number of hydrogen-bond acceptors (Lipinski definition) is 1. The first-order valence-electron chi connectivity index (χ1n) is 5.43. The van der Waals surface area contributed by atoms with Crippen LogP contribution in [-0.2, 0) is 6.42 Å². The lowest BCUT2D eigenvalue weighted by molar-refractivity contribution is 0.610. The van der Waals surface area contributed by atoms with Gasteiger partial charge in [0, 0.05) is 5.69 Å². The van der Waals surface area contributed by atoms with Gasteiger partial charge in [0.15, 0.2) is 0 Å². The summed E-state index contributed by atoms with van der Waals surface area (Å²) in [7, 11) is 0. The molecule has 0 aliphatic carbocycles. The van der Waals surface area contributed by atoms with Gasteiger partial charge in [0.25, 0.3) is 0 Å². The first kappa shape index (κ1) is 11.2. The van der Waals surface area contributed by atoms with Gasteiger partial charge in [0.2, 0.25) is 0 Å². The highest BCUT2D eigenvalue weighted by Crippen LogP contribution is 2.07. The molecule has 0 amide bonds. The van der Waals surface area contributed by atoms with Crippen molar-refractivity contribution in [3.63, 3.8) is 0 Å². The van der Waals surface area contributed by atoms with Crippen LogP contribution in [0.3, 0.4) is 0 Å². The number of pyridine rings is 1. The Morgan fingerprint density at radius 1 is 1.14 bits per heavy atom. The van der Waals surface area contributed by atoms with Crippen LogP contribution in [-0.4, -0.2) is 4.98 Å². The van der Waals surface area contributed by atoms with Crippen molar-refractivity contribution < 1.29 is 4.39 Å². The summed E-state index contributed by atoms with van der Waals surface area (Å²) in [5.41, 5.74) is 1.00. The molecule has 0 saturated carbocycles. The zero-order valence-corrected chi connectivity index (χ0v) is 8.80. The zero-order chi connectivity index (χ0) is 10.2. The minimum Gasteiger partial charge on any atom is -0.258 e. The van der Waals surface area contributed by atoms with E-state index >= 15 is 0 Å². The standard InChI is InChI=1S/C12H18FN/c1-2-3-4-5-6-7-12-9-8-11(13)10-14-12/h8-10H,2-7H2,1H3. The van der Waals surface area contributed by atoms with Gasteiger partial charge in [-0.1, -0.05) is 32.6 Å². The third kappa shape index (κ3) is 4.35. The Balaban J connectivity index is 2.15. The summed E-state index contributed by atoms with van der Waals surface area (Å²) in [6, 6.07) is 3.25. The molecule has 1 nitrogen and oxygen atoms in total. The van der Waals surface area contributed by atoms with Gasteiger partial charge in [0.05, 0.1) is 6.20 Å². The van der Waals surface area contributed by atoms with E-state index < -0.39 is 0 Å². The fraction of sp³-hybridized carbons (Fsp3) is 0.583. The Morgan fingerprint density at radius 2 is 1.93 bits per heavy atom. The minimum absolute atomic E-state index is 0.250. The lowest BCUT2D eigenvalue weighted by Crippen LogP contribution is -1.90. The molecule has 0 aliphatic heterocycles. The highest BCUT2D eigenvalue weighted by molar-refractivity contribution is 5.05. The maximum absolute atomic E-state index is 12.5. The Labute approximate surface area is 85.4 Å². The van der Waals surface area contributed by atoms with Gasteiger partial charge in [-0.15, -0.1) is 0 Å². The molecule has 2 heteroatoms. The number of halogens is 1. The van der Waals surface area contributed by atoms with E-state index in [1.54, 1.807) is 6.07 Å². The maximum atomic E-state index is 12.5. The number of rotatable bonds is 6. The molecule has 1 heterocycles. The lowest BCUT2D eigenvalue weighted by Gasteiger charge is -2.00. The molecule has 1 aromatic rings. The Bertz CT molecular complexity index is 243. The number of unbranched alkanes of at least 4 members (excludes halogenated alkanes) is 4. The van der Waals surface area contributed by atoms with E-state index in [4.69, 9.17) is 0 Å². The van der Waals surface area contributed by atoms with E-state index in [1.165, 1.54) is 44.4 Å². The smallest absolute Gasteiger partial charge is 0.141 e. The summed E-state index contributed by atoms with van der Waals surface area (Å²) in [5.74, 6) is -0.250. The minimum atomic E-state index is -0.250. The molecule has 1 aromatic heterocycles. The van der Waals surface area contributed by atoms with Gasteiger partial charge < -0.3 is 0 Å². The SMILES string of the molecule is CCCCCCCc1ccc(F)cn1. The van der Waals surface area contributed by atoms with Crippen molar-refractivity contribution >= 4 is 0 Å². The van der Waals surface area contributed by atoms with Crippen LogP contribution in [0.15, 0.2) is 18.3 Å². The monoisotopic (exact) mass is 195 g/mol. The molecule has 0 spiro atoms. The molecule has 0 aromatic carbocycles. The first-order chi connectivity index (χ1) is 6.83. The Kier molecular flexibility index (Phi) is 5.20. The third-order valence-corrected chi connectivity index (χ3v) is 2.33. The molecular weight excluding hydrogens is 177 g/mol. The number of hydrogen-bond donors (Lipinski definition) is 0. The highest BCUT2D eigenvalue weighted by atomic mass is 19.1. The average Bonchev–Trinajstić information content (AvgIpc) is 2.21. The van der Waals surface area contributed by atoms with Gasteiger partial charge in [0.1, 0.15) is 5.82 Å². The summed E-state index contributed by atoms with van der Waals surface area (Å²) in [5, 5.41) is 0. The van der Waals surface area contributed by atoms with Gasteiger partial charge in [-0.2, -0.15) is 0 Å². The van der Waals surface area contributed by atoms with Crippen LogP contribution in [0.1, 0.15) is 44.7 Å². The normalized spacial score (nSPS) is 10.4. The summed E-state index contributed by atoms with van der Waals surface area (Å²) < 4.78 is 12.5. The fourth-order valence-electron chi connectivity index (χ4n) is 1.46. The molecule has 0 radical (unpaired) electrons. The molecule has 0 bridgehead atoms. The largest absolute Gasteiger partial charge is 0.258 e. The van der Waals surface area contributed by atoms with Gasteiger partial charge in [-0.3, -0.25) is 4.98 Å². The maximum Gasteiger partial charge on any atom is 0.141 e.